The quantitative estimate of drug-likeness (QED) is 0.822. The average molecular weight is 264 g/mol. The minimum absolute atomic E-state index is 0.150. The highest BCUT2D eigenvalue weighted by Gasteiger charge is 2.27. The summed E-state index contributed by atoms with van der Waals surface area (Å²) >= 11 is 0. The van der Waals surface area contributed by atoms with Crippen LogP contribution >= 0.6 is 0 Å². The zero-order valence-corrected chi connectivity index (χ0v) is 10.6. The van der Waals surface area contributed by atoms with Gasteiger partial charge in [-0.1, -0.05) is 6.07 Å². The maximum atomic E-state index is 11.6. The Morgan fingerprint density at radius 1 is 1.53 bits per heavy atom. The molecule has 2 N–H and O–H groups in total. The molecule has 1 fully saturated rings. The van der Waals surface area contributed by atoms with E-state index in [-0.39, 0.29) is 19.0 Å². The van der Waals surface area contributed by atoms with E-state index in [0.29, 0.717) is 12.3 Å². The van der Waals surface area contributed by atoms with E-state index in [4.69, 9.17) is 9.84 Å². The molecule has 1 amide bonds. The van der Waals surface area contributed by atoms with Gasteiger partial charge in [0.2, 0.25) is 5.91 Å². The van der Waals surface area contributed by atoms with Crippen LogP contribution in [-0.2, 0) is 9.59 Å². The fourth-order valence-electron chi connectivity index (χ4n) is 2.03. The van der Waals surface area contributed by atoms with Crippen molar-refractivity contribution in [2.24, 2.45) is 5.92 Å². The standard InChI is InChI=1S/C13H16N2O4/c1-19-11-4-2-3-10(5-11)15-7-9(13(17)18)6-14-12(16)8-15/h2-5,9H,6-8H2,1H3,(H,14,16)(H,17,18). The minimum atomic E-state index is -0.907. The Kier molecular flexibility index (Phi) is 3.89. The number of hydrogen-bond acceptors (Lipinski definition) is 4. The zero-order valence-electron chi connectivity index (χ0n) is 10.6. The molecule has 6 nitrogen and oxygen atoms in total. The number of aliphatic carboxylic acids is 1. The highest BCUT2D eigenvalue weighted by Crippen LogP contribution is 2.22. The molecule has 6 heteroatoms. The van der Waals surface area contributed by atoms with Gasteiger partial charge in [0.05, 0.1) is 19.6 Å². The normalized spacial score (nSPS) is 19.5. The van der Waals surface area contributed by atoms with Crippen molar-refractivity contribution in [3.63, 3.8) is 0 Å². The van der Waals surface area contributed by atoms with Gasteiger partial charge >= 0.3 is 5.97 Å². The predicted octanol–water partition coefficient (Wildman–Crippen LogP) is 0.332. The first-order valence-electron chi connectivity index (χ1n) is 5.98. The molecular formula is C13H16N2O4. The molecule has 0 bridgehead atoms. The summed E-state index contributed by atoms with van der Waals surface area (Å²) < 4.78 is 5.13. The summed E-state index contributed by atoms with van der Waals surface area (Å²) in [6.07, 6.45) is 0. The Bertz CT molecular complexity index is 489. The van der Waals surface area contributed by atoms with E-state index >= 15 is 0 Å². The number of carbonyl (C=O) groups excluding carboxylic acids is 1. The number of anilines is 1. The number of ether oxygens (including phenoxy) is 1. The smallest absolute Gasteiger partial charge is 0.310 e. The molecule has 0 radical (unpaired) electrons. The summed E-state index contributed by atoms with van der Waals surface area (Å²) in [6.45, 7) is 0.604. The van der Waals surface area contributed by atoms with Crippen LogP contribution in [0.4, 0.5) is 5.69 Å². The maximum Gasteiger partial charge on any atom is 0.310 e. The molecule has 0 aliphatic carbocycles. The lowest BCUT2D eigenvalue weighted by Gasteiger charge is -2.23. The number of amides is 1. The summed E-state index contributed by atoms with van der Waals surface area (Å²) in [5, 5.41) is 11.7. The number of methoxy groups -OCH3 is 1. The van der Waals surface area contributed by atoms with E-state index in [2.05, 4.69) is 5.32 Å². The van der Waals surface area contributed by atoms with Gasteiger partial charge < -0.3 is 20.1 Å². The number of carboxylic acids is 1. The van der Waals surface area contributed by atoms with Crippen LogP contribution in [0.2, 0.25) is 0 Å². The number of benzene rings is 1. The summed E-state index contributed by atoms with van der Waals surface area (Å²) in [6, 6.07) is 7.24. The number of carbonyl (C=O) groups is 2. The van der Waals surface area contributed by atoms with E-state index in [1.54, 1.807) is 24.1 Å². The Morgan fingerprint density at radius 2 is 2.32 bits per heavy atom. The van der Waals surface area contributed by atoms with Crippen molar-refractivity contribution in [1.82, 2.24) is 5.32 Å². The number of carboxylic acid groups (broad SMARTS) is 1. The van der Waals surface area contributed by atoms with Crippen molar-refractivity contribution in [3.8, 4) is 5.75 Å². The van der Waals surface area contributed by atoms with Crippen LogP contribution < -0.4 is 15.0 Å². The third-order valence-corrected chi connectivity index (χ3v) is 3.09. The van der Waals surface area contributed by atoms with Crippen molar-refractivity contribution in [2.45, 2.75) is 0 Å². The first kappa shape index (κ1) is 13.2. The van der Waals surface area contributed by atoms with Gasteiger partial charge in [0.25, 0.3) is 0 Å². The second-order valence-corrected chi connectivity index (χ2v) is 4.42. The van der Waals surface area contributed by atoms with E-state index in [1.807, 2.05) is 12.1 Å². The molecule has 0 saturated carbocycles. The third kappa shape index (κ3) is 3.15. The second kappa shape index (κ2) is 5.60. The molecular weight excluding hydrogens is 248 g/mol. The predicted molar refractivity (Wildman–Crippen MR) is 69.3 cm³/mol. The molecule has 1 aliphatic rings. The lowest BCUT2D eigenvalue weighted by Crippen LogP contribution is -2.34. The molecule has 1 aliphatic heterocycles. The second-order valence-electron chi connectivity index (χ2n) is 4.42. The molecule has 1 atom stereocenters. The Balaban J connectivity index is 2.24. The monoisotopic (exact) mass is 264 g/mol. The summed E-state index contributed by atoms with van der Waals surface area (Å²) in [4.78, 5) is 24.5. The average Bonchev–Trinajstić information content (AvgIpc) is 2.61. The van der Waals surface area contributed by atoms with Gasteiger partial charge in [0.1, 0.15) is 5.75 Å². The Labute approximate surface area is 111 Å². The van der Waals surface area contributed by atoms with Crippen LogP contribution in [0, 0.1) is 5.92 Å². The van der Waals surface area contributed by atoms with Gasteiger partial charge in [-0.15, -0.1) is 0 Å². The maximum absolute atomic E-state index is 11.6. The zero-order chi connectivity index (χ0) is 13.8. The van der Waals surface area contributed by atoms with Gasteiger partial charge in [-0.25, -0.2) is 0 Å². The highest BCUT2D eigenvalue weighted by molar-refractivity contribution is 5.83. The van der Waals surface area contributed by atoms with Gasteiger partial charge in [0.15, 0.2) is 0 Å². The van der Waals surface area contributed by atoms with Gasteiger partial charge in [0, 0.05) is 24.8 Å². The van der Waals surface area contributed by atoms with E-state index in [1.165, 1.54) is 0 Å². The molecule has 19 heavy (non-hydrogen) atoms. The molecule has 1 heterocycles. The number of rotatable bonds is 3. The first-order valence-corrected chi connectivity index (χ1v) is 5.98. The van der Waals surface area contributed by atoms with Crippen LogP contribution in [0.15, 0.2) is 24.3 Å². The van der Waals surface area contributed by atoms with Gasteiger partial charge in [-0.3, -0.25) is 9.59 Å². The van der Waals surface area contributed by atoms with Crippen molar-refractivity contribution >= 4 is 17.6 Å². The minimum Gasteiger partial charge on any atom is -0.497 e. The van der Waals surface area contributed by atoms with Crippen molar-refractivity contribution in [3.05, 3.63) is 24.3 Å². The fraction of sp³-hybridized carbons (Fsp3) is 0.385. The van der Waals surface area contributed by atoms with E-state index in [0.717, 1.165) is 5.69 Å². The molecule has 0 aromatic heterocycles. The van der Waals surface area contributed by atoms with Crippen molar-refractivity contribution in [2.75, 3.05) is 31.6 Å². The van der Waals surface area contributed by atoms with Crippen molar-refractivity contribution in [1.29, 1.82) is 0 Å². The number of nitrogens with zero attached hydrogens (tertiary/aromatic N) is 1. The lowest BCUT2D eigenvalue weighted by molar-refractivity contribution is -0.141. The molecule has 0 spiro atoms. The number of hydrogen-bond donors (Lipinski definition) is 2. The van der Waals surface area contributed by atoms with Crippen LogP contribution in [0.25, 0.3) is 0 Å². The lowest BCUT2D eigenvalue weighted by atomic mass is 10.1. The molecule has 2 rings (SSSR count). The SMILES string of the molecule is COc1cccc(N2CC(=O)NCC(C(=O)O)C2)c1. The van der Waals surface area contributed by atoms with Crippen molar-refractivity contribution < 1.29 is 19.4 Å². The Morgan fingerprint density at radius 3 is 3.00 bits per heavy atom. The van der Waals surface area contributed by atoms with Gasteiger partial charge in [-0.2, -0.15) is 0 Å². The largest absolute Gasteiger partial charge is 0.497 e. The molecule has 1 saturated heterocycles. The molecule has 1 aromatic rings. The van der Waals surface area contributed by atoms with Crippen LogP contribution in [-0.4, -0.2) is 43.7 Å². The topological polar surface area (TPSA) is 78.9 Å². The highest BCUT2D eigenvalue weighted by atomic mass is 16.5. The number of nitrogens with one attached hydrogen (secondary N) is 1. The van der Waals surface area contributed by atoms with Crippen LogP contribution in [0.1, 0.15) is 0 Å². The molecule has 102 valence electrons. The molecule has 1 unspecified atom stereocenters. The Hall–Kier alpha value is -2.24. The summed E-state index contributed by atoms with van der Waals surface area (Å²) in [5.41, 5.74) is 0.780. The van der Waals surface area contributed by atoms with E-state index < -0.39 is 11.9 Å². The third-order valence-electron chi connectivity index (χ3n) is 3.09. The summed E-state index contributed by atoms with van der Waals surface area (Å²) in [5.74, 6) is -1.02. The molecule has 1 aromatic carbocycles. The van der Waals surface area contributed by atoms with Crippen LogP contribution in [0.5, 0.6) is 5.75 Å². The first-order chi connectivity index (χ1) is 9.10. The van der Waals surface area contributed by atoms with Crippen LogP contribution in [0.3, 0.4) is 0 Å². The van der Waals surface area contributed by atoms with Gasteiger partial charge in [-0.05, 0) is 12.1 Å². The fourth-order valence-corrected chi connectivity index (χ4v) is 2.03. The van der Waals surface area contributed by atoms with E-state index in [9.17, 15) is 9.59 Å². The summed E-state index contributed by atoms with van der Waals surface area (Å²) in [7, 11) is 1.56.